The van der Waals surface area contributed by atoms with Crippen molar-refractivity contribution in [1.82, 2.24) is 0 Å². The van der Waals surface area contributed by atoms with Gasteiger partial charge in [-0.05, 0) is 45.0 Å². The molecule has 1 fully saturated rings. The summed E-state index contributed by atoms with van der Waals surface area (Å²) in [6, 6.07) is 8.43. The van der Waals surface area contributed by atoms with Crippen molar-refractivity contribution in [2.45, 2.75) is 44.6 Å². The molecule has 0 bridgehead atoms. The van der Waals surface area contributed by atoms with Gasteiger partial charge in [0.15, 0.2) is 0 Å². The summed E-state index contributed by atoms with van der Waals surface area (Å²) < 4.78 is 12.1. The van der Waals surface area contributed by atoms with Crippen LogP contribution >= 0.6 is 9.21 Å². The summed E-state index contributed by atoms with van der Waals surface area (Å²) in [5.74, 6) is 9.19. The Balaban J connectivity index is 2.16. The third-order valence-electron chi connectivity index (χ3n) is 4.02. The van der Waals surface area contributed by atoms with Gasteiger partial charge in [-0.1, -0.05) is 36.0 Å². The van der Waals surface area contributed by atoms with E-state index in [2.05, 4.69) is 70.0 Å². The van der Waals surface area contributed by atoms with Crippen LogP contribution in [-0.4, -0.2) is 36.3 Å². The highest BCUT2D eigenvalue weighted by molar-refractivity contribution is 8.26. The number of hydrogen-bond donors (Lipinski definition) is 0. The molecule has 4 heteroatoms. The van der Waals surface area contributed by atoms with E-state index in [1.807, 2.05) is 0 Å². The Morgan fingerprint density at radius 1 is 1.00 bits per heavy atom. The summed E-state index contributed by atoms with van der Waals surface area (Å²) in [4.78, 5) is 0. The van der Waals surface area contributed by atoms with Crippen molar-refractivity contribution in [3.63, 3.8) is 0 Å². The average molecular weight is 292 g/mol. The lowest BCUT2D eigenvalue weighted by atomic mass is 9.79. The first-order valence-corrected chi connectivity index (χ1v) is 9.42. The second-order valence-electron chi connectivity index (χ2n) is 6.95. The SMILES string of the molecule is C=S(=C)(C)Cc1ccc(B2OC(C)(C)C(C)(C)O2)cc1. The van der Waals surface area contributed by atoms with Crippen LogP contribution in [-0.2, 0) is 15.1 Å². The van der Waals surface area contributed by atoms with Gasteiger partial charge in [0.1, 0.15) is 0 Å². The van der Waals surface area contributed by atoms with E-state index in [4.69, 9.17) is 9.31 Å². The summed E-state index contributed by atoms with van der Waals surface area (Å²) in [5, 5.41) is 0. The van der Waals surface area contributed by atoms with Gasteiger partial charge in [-0.2, -0.15) is 0 Å². The normalized spacial score (nSPS) is 21.1. The van der Waals surface area contributed by atoms with E-state index in [1.54, 1.807) is 0 Å². The Labute approximate surface area is 124 Å². The molecule has 0 saturated carbocycles. The lowest BCUT2D eigenvalue weighted by molar-refractivity contribution is 0.00578. The average Bonchev–Trinajstić information content (AvgIpc) is 2.47. The molecule has 0 aliphatic carbocycles. The minimum absolute atomic E-state index is 0.285. The summed E-state index contributed by atoms with van der Waals surface area (Å²) in [7, 11) is -1.29. The third-order valence-corrected chi connectivity index (χ3v) is 5.05. The maximum Gasteiger partial charge on any atom is 0.494 e. The second-order valence-corrected chi connectivity index (χ2v) is 10.2. The monoisotopic (exact) mass is 292 g/mol. The highest BCUT2D eigenvalue weighted by atomic mass is 32.2. The van der Waals surface area contributed by atoms with Gasteiger partial charge < -0.3 is 9.31 Å². The Kier molecular flexibility index (Phi) is 3.87. The smallest absolute Gasteiger partial charge is 0.399 e. The van der Waals surface area contributed by atoms with E-state index in [0.29, 0.717) is 0 Å². The van der Waals surface area contributed by atoms with E-state index in [9.17, 15) is 0 Å². The van der Waals surface area contributed by atoms with Crippen molar-refractivity contribution >= 4 is 33.5 Å². The van der Waals surface area contributed by atoms with Crippen LogP contribution in [0.25, 0.3) is 0 Å². The Morgan fingerprint density at radius 2 is 1.45 bits per heavy atom. The molecule has 110 valence electrons. The third kappa shape index (κ3) is 3.30. The zero-order chi connectivity index (χ0) is 15.2. The zero-order valence-electron chi connectivity index (χ0n) is 13.2. The number of rotatable bonds is 3. The molecule has 1 aromatic carbocycles. The van der Waals surface area contributed by atoms with E-state index < -0.39 is 9.21 Å². The minimum atomic E-state index is -1.01. The molecule has 1 saturated heterocycles. The predicted octanol–water partition coefficient (Wildman–Crippen LogP) is 2.78. The van der Waals surface area contributed by atoms with Crippen molar-refractivity contribution < 1.29 is 9.31 Å². The van der Waals surface area contributed by atoms with E-state index in [-0.39, 0.29) is 18.3 Å². The van der Waals surface area contributed by atoms with Gasteiger partial charge in [-0.3, -0.25) is 0 Å². The first-order chi connectivity index (χ1) is 9.00. The summed E-state index contributed by atoms with van der Waals surface area (Å²) in [6.07, 6.45) is 2.12. The fraction of sp³-hybridized carbons (Fsp3) is 0.500. The second kappa shape index (κ2) is 4.94. The molecule has 0 aromatic heterocycles. The topological polar surface area (TPSA) is 18.5 Å². The first kappa shape index (κ1) is 15.7. The molecule has 1 aromatic rings. The van der Waals surface area contributed by atoms with Crippen molar-refractivity contribution in [3.05, 3.63) is 29.8 Å². The largest absolute Gasteiger partial charge is 0.494 e. The molecule has 1 aliphatic rings. The van der Waals surface area contributed by atoms with E-state index in [1.165, 1.54) is 5.56 Å². The summed E-state index contributed by atoms with van der Waals surface area (Å²) >= 11 is 0. The van der Waals surface area contributed by atoms with Crippen LogP contribution in [0.2, 0.25) is 0 Å². The van der Waals surface area contributed by atoms with Crippen molar-refractivity contribution in [1.29, 1.82) is 0 Å². The number of benzene rings is 1. The van der Waals surface area contributed by atoms with Gasteiger partial charge in [0, 0.05) is 5.75 Å². The predicted molar refractivity (Wildman–Crippen MR) is 93.6 cm³/mol. The molecule has 0 atom stereocenters. The van der Waals surface area contributed by atoms with Crippen LogP contribution in [0, 0.1) is 0 Å². The lowest BCUT2D eigenvalue weighted by Gasteiger charge is -2.32. The van der Waals surface area contributed by atoms with Crippen LogP contribution in [0.15, 0.2) is 24.3 Å². The molecule has 1 heterocycles. The van der Waals surface area contributed by atoms with Crippen molar-refractivity contribution in [2.24, 2.45) is 0 Å². The standard InChI is InChI=1S/C16H25BO2S/c1-15(2)16(3,4)19-17(18-15)14-10-8-13(9-11-14)12-20(5,6)7/h8-11H,5-6,12H2,1-4,7H3. The first-order valence-electron chi connectivity index (χ1n) is 6.87. The molecule has 0 amide bonds. The van der Waals surface area contributed by atoms with E-state index in [0.717, 1.165) is 11.2 Å². The molecular formula is C16H25BO2S. The van der Waals surface area contributed by atoms with Crippen LogP contribution in [0.3, 0.4) is 0 Å². The molecule has 0 unspecified atom stereocenters. The summed E-state index contributed by atoms with van der Waals surface area (Å²) in [5.41, 5.74) is 1.75. The van der Waals surface area contributed by atoms with Crippen LogP contribution < -0.4 is 5.46 Å². The fourth-order valence-corrected chi connectivity index (χ4v) is 3.15. The highest BCUT2D eigenvalue weighted by Crippen LogP contribution is 2.36. The zero-order valence-corrected chi connectivity index (χ0v) is 14.0. The van der Waals surface area contributed by atoms with Crippen LogP contribution in [0.4, 0.5) is 0 Å². The molecule has 2 rings (SSSR count). The Morgan fingerprint density at radius 3 is 1.85 bits per heavy atom. The van der Waals surface area contributed by atoms with Crippen LogP contribution in [0.5, 0.6) is 0 Å². The quantitative estimate of drug-likeness (QED) is 0.630. The van der Waals surface area contributed by atoms with Gasteiger partial charge >= 0.3 is 7.12 Å². The van der Waals surface area contributed by atoms with Gasteiger partial charge in [-0.25, -0.2) is 9.21 Å². The summed E-state index contributed by atoms with van der Waals surface area (Å²) in [6.45, 7) is 8.28. The minimum Gasteiger partial charge on any atom is -0.399 e. The maximum atomic E-state index is 6.05. The Hall–Kier alpha value is -0.705. The van der Waals surface area contributed by atoms with Crippen molar-refractivity contribution in [3.8, 4) is 0 Å². The molecule has 0 spiro atoms. The molecule has 20 heavy (non-hydrogen) atoms. The Bertz CT molecular complexity index is 569. The molecule has 2 nitrogen and oxygen atoms in total. The maximum absolute atomic E-state index is 6.05. The van der Waals surface area contributed by atoms with Gasteiger partial charge in [-0.15, -0.1) is 0 Å². The van der Waals surface area contributed by atoms with Crippen LogP contribution in [0.1, 0.15) is 33.3 Å². The van der Waals surface area contributed by atoms with Crippen molar-refractivity contribution in [2.75, 3.05) is 6.26 Å². The highest BCUT2D eigenvalue weighted by Gasteiger charge is 2.51. The van der Waals surface area contributed by atoms with Gasteiger partial charge in [0.2, 0.25) is 0 Å². The van der Waals surface area contributed by atoms with Gasteiger partial charge in [0.05, 0.1) is 11.2 Å². The van der Waals surface area contributed by atoms with Gasteiger partial charge in [0.25, 0.3) is 0 Å². The molecule has 1 aliphatic heterocycles. The molecule has 0 N–H and O–H groups in total. The van der Waals surface area contributed by atoms with E-state index >= 15 is 0 Å². The fourth-order valence-electron chi connectivity index (χ4n) is 2.15. The number of hydrogen-bond acceptors (Lipinski definition) is 2. The molecule has 0 radical (unpaired) electrons. The molecular weight excluding hydrogens is 267 g/mol. The lowest BCUT2D eigenvalue weighted by Crippen LogP contribution is -2.41.